The maximum Gasteiger partial charge on any atom is 0.244 e. The quantitative estimate of drug-likeness (QED) is 0.818. The number of hydrogen-bond acceptors (Lipinski definition) is 1. The highest BCUT2D eigenvalue weighted by Crippen LogP contribution is 2.16. The maximum atomic E-state index is 11.5. The number of rotatable bonds is 5. The van der Waals surface area contributed by atoms with E-state index in [0.29, 0.717) is 0 Å². The summed E-state index contributed by atoms with van der Waals surface area (Å²) in [5.41, 5.74) is 2.14. The van der Waals surface area contributed by atoms with Crippen molar-refractivity contribution in [1.82, 2.24) is 5.32 Å². The van der Waals surface area contributed by atoms with Crippen LogP contribution in [0.2, 0.25) is 0 Å². The second-order valence-electron chi connectivity index (χ2n) is 4.37. The third-order valence-corrected chi connectivity index (χ3v) is 2.92. The average molecular weight is 263 g/mol. The first-order valence-corrected chi connectivity index (χ1v) is 6.51. The molecule has 0 saturated heterocycles. The first kappa shape index (κ1) is 13.8. The molecule has 1 amide bonds. The van der Waals surface area contributed by atoms with Gasteiger partial charge in [0.15, 0.2) is 0 Å². The van der Waals surface area contributed by atoms with Crippen molar-refractivity contribution in [2.75, 3.05) is 0 Å². The van der Waals surface area contributed by atoms with Gasteiger partial charge in [-0.25, -0.2) is 0 Å². The number of benzene rings is 2. The first-order valence-electron chi connectivity index (χ1n) is 6.51. The molecular weight excluding hydrogens is 246 g/mol. The summed E-state index contributed by atoms with van der Waals surface area (Å²) in [6.45, 7) is 3.49. The summed E-state index contributed by atoms with van der Waals surface area (Å²) in [7, 11) is 0. The highest BCUT2D eigenvalue weighted by Gasteiger charge is 2.08. The molecule has 2 rings (SSSR count). The smallest absolute Gasteiger partial charge is 0.244 e. The molecule has 2 heteroatoms. The van der Waals surface area contributed by atoms with Crippen molar-refractivity contribution in [2.24, 2.45) is 0 Å². The lowest BCUT2D eigenvalue weighted by molar-refractivity contribution is -0.116. The monoisotopic (exact) mass is 263 g/mol. The molecule has 2 aromatic rings. The zero-order valence-corrected chi connectivity index (χ0v) is 11.2. The molecule has 0 saturated carbocycles. The summed E-state index contributed by atoms with van der Waals surface area (Å²) in [6.07, 6.45) is 5.26. The highest BCUT2D eigenvalue weighted by atomic mass is 16.1. The predicted octanol–water partition coefficient (Wildman–Crippen LogP) is 3.74. The van der Waals surface area contributed by atoms with E-state index in [9.17, 15) is 4.79 Å². The van der Waals surface area contributed by atoms with Crippen molar-refractivity contribution in [1.29, 1.82) is 0 Å². The average Bonchev–Trinajstić information content (AvgIpc) is 2.53. The van der Waals surface area contributed by atoms with Gasteiger partial charge in [-0.2, -0.15) is 0 Å². The fraction of sp³-hybridized carbons (Fsp3) is 0.0556. The Kier molecular flexibility index (Phi) is 4.90. The standard InChI is InChI=1S/C18H17NO/c1-2-18(20)19-17(16-11-7-4-8-12-16)14-13-15-9-5-3-6-10-15/h2-14,17H,1H2,(H,19,20)/b14-13+. The van der Waals surface area contributed by atoms with Crippen LogP contribution in [-0.2, 0) is 4.79 Å². The SMILES string of the molecule is C=CC(=O)NC(/C=C/c1ccccc1)c1ccccc1. The first-order chi connectivity index (χ1) is 9.79. The number of carbonyl (C=O) groups excluding carboxylic acids is 1. The van der Waals surface area contributed by atoms with Crippen LogP contribution in [-0.4, -0.2) is 5.91 Å². The second-order valence-corrected chi connectivity index (χ2v) is 4.37. The van der Waals surface area contributed by atoms with Gasteiger partial charge >= 0.3 is 0 Å². The summed E-state index contributed by atoms with van der Waals surface area (Å²) in [4.78, 5) is 11.5. The van der Waals surface area contributed by atoms with Crippen molar-refractivity contribution >= 4 is 12.0 Å². The van der Waals surface area contributed by atoms with Crippen molar-refractivity contribution in [2.45, 2.75) is 6.04 Å². The fourth-order valence-corrected chi connectivity index (χ4v) is 1.89. The van der Waals surface area contributed by atoms with Gasteiger partial charge in [0.1, 0.15) is 0 Å². The number of nitrogens with one attached hydrogen (secondary N) is 1. The zero-order valence-electron chi connectivity index (χ0n) is 11.2. The van der Waals surface area contributed by atoms with E-state index in [-0.39, 0.29) is 11.9 Å². The summed E-state index contributed by atoms with van der Waals surface area (Å²) < 4.78 is 0. The molecule has 1 unspecified atom stereocenters. The molecule has 0 aromatic heterocycles. The lowest BCUT2D eigenvalue weighted by atomic mass is 10.1. The molecule has 0 bridgehead atoms. The molecule has 0 fully saturated rings. The highest BCUT2D eigenvalue weighted by molar-refractivity contribution is 5.87. The summed E-state index contributed by atoms with van der Waals surface area (Å²) >= 11 is 0. The molecule has 2 nitrogen and oxygen atoms in total. The van der Waals surface area contributed by atoms with E-state index in [4.69, 9.17) is 0 Å². The Bertz CT molecular complexity index is 587. The van der Waals surface area contributed by atoms with Gasteiger partial charge in [0.05, 0.1) is 6.04 Å². The van der Waals surface area contributed by atoms with Crippen LogP contribution < -0.4 is 5.32 Å². The van der Waals surface area contributed by atoms with Crippen molar-refractivity contribution in [3.8, 4) is 0 Å². The van der Waals surface area contributed by atoms with Crippen molar-refractivity contribution < 1.29 is 4.79 Å². The molecule has 2 aromatic carbocycles. The summed E-state index contributed by atoms with van der Waals surface area (Å²) in [5, 5.41) is 2.91. The lowest BCUT2D eigenvalue weighted by Crippen LogP contribution is -2.25. The van der Waals surface area contributed by atoms with E-state index in [0.717, 1.165) is 11.1 Å². The van der Waals surface area contributed by atoms with E-state index in [1.807, 2.05) is 72.8 Å². The molecule has 1 atom stereocenters. The Morgan fingerprint density at radius 2 is 1.60 bits per heavy atom. The minimum atomic E-state index is -0.184. The number of carbonyl (C=O) groups is 1. The Balaban J connectivity index is 2.21. The Morgan fingerprint density at radius 1 is 1.00 bits per heavy atom. The van der Waals surface area contributed by atoms with Crippen LogP contribution in [0.4, 0.5) is 0 Å². The molecule has 100 valence electrons. The van der Waals surface area contributed by atoms with E-state index in [2.05, 4.69) is 11.9 Å². The van der Waals surface area contributed by atoms with E-state index in [1.54, 1.807) is 0 Å². The van der Waals surface area contributed by atoms with Crippen molar-refractivity contribution in [3.05, 3.63) is 90.5 Å². The number of amides is 1. The topological polar surface area (TPSA) is 29.1 Å². The summed E-state index contributed by atoms with van der Waals surface area (Å²) in [5.74, 6) is -0.184. The molecular formula is C18H17NO. The third-order valence-electron chi connectivity index (χ3n) is 2.92. The van der Waals surface area contributed by atoms with Crippen LogP contribution >= 0.6 is 0 Å². The van der Waals surface area contributed by atoms with Gasteiger partial charge < -0.3 is 5.32 Å². The van der Waals surface area contributed by atoms with E-state index in [1.165, 1.54) is 6.08 Å². The minimum Gasteiger partial charge on any atom is -0.342 e. The van der Waals surface area contributed by atoms with Crippen LogP contribution in [0.15, 0.2) is 79.4 Å². The van der Waals surface area contributed by atoms with Crippen LogP contribution in [0.25, 0.3) is 6.08 Å². The van der Waals surface area contributed by atoms with Gasteiger partial charge in [-0.05, 0) is 17.2 Å². The predicted molar refractivity (Wildman–Crippen MR) is 83.0 cm³/mol. The molecule has 1 N–H and O–H groups in total. The van der Waals surface area contributed by atoms with Crippen LogP contribution in [0, 0.1) is 0 Å². The van der Waals surface area contributed by atoms with E-state index < -0.39 is 0 Å². The lowest BCUT2D eigenvalue weighted by Gasteiger charge is -2.14. The Labute approximate surface area is 119 Å². The maximum absolute atomic E-state index is 11.5. The van der Waals surface area contributed by atoms with E-state index >= 15 is 0 Å². The fourth-order valence-electron chi connectivity index (χ4n) is 1.89. The van der Waals surface area contributed by atoms with Crippen LogP contribution in [0.3, 0.4) is 0 Å². The van der Waals surface area contributed by atoms with Gasteiger partial charge in [-0.3, -0.25) is 4.79 Å². The molecule has 0 heterocycles. The molecule has 0 aliphatic heterocycles. The largest absolute Gasteiger partial charge is 0.342 e. The molecule has 0 aliphatic rings. The Hall–Kier alpha value is -2.61. The van der Waals surface area contributed by atoms with Gasteiger partial charge in [-0.15, -0.1) is 0 Å². The van der Waals surface area contributed by atoms with Crippen LogP contribution in [0.1, 0.15) is 17.2 Å². The minimum absolute atomic E-state index is 0.165. The molecule has 0 aliphatic carbocycles. The van der Waals surface area contributed by atoms with Gasteiger partial charge in [0.25, 0.3) is 0 Å². The van der Waals surface area contributed by atoms with Crippen LogP contribution in [0.5, 0.6) is 0 Å². The van der Waals surface area contributed by atoms with Crippen molar-refractivity contribution in [3.63, 3.8) is 0 Å². The number of hydrogen-bond donors (Lipinski definition) is 1. The third kappa shape index (κ3) is 3.95. The van der Waals surface area contributed by atoms with Gasteiger partial charge in [0, 0.05) is 0 Å². The second kappa shape index (κ2) is 7.10. The summed E-state index contributed by atoms with van der Waals surface area (Å²) in [6, 6.07) is 19.7. The molecule has 0 spiro atoms. The Morgan fingerprint density at radius 3 is 2.20 bits per heavy atom. The molecule has 0 radical (unpaired) electrons. The zero-order chi connectivity index (χ0) is 14.2. The van der Waals surface area contributed by atoms with Gasteiger partial charge in [-0.1, -0.05) is 79.4 Å². The van der Waals surface area contributed by atoms with Gasteiger partial charge in [0.2, 0.25) is 5.91 Å². The normalized spacial score (nSPS) is 12.0. The molecule has 20 heavy (non-hydrogen) atoms.